The van der Waals surface area contributed by atoms with E-state index in [-0.39, 0.29) is 5.91 Å². The molecule has 1 aliphatic rings. The molecule has 1 amide bonds. The molecule has 180 valence electrons. The average Bonchev–Trinajstić information content (AvgIpc) is 3.37. The Labute approximate surface area is 203 Å². The minimum Gasteiger partial charge on any atom is -0.497 e. The highest BCUT2D eigenvalue weighted by molar-refractivity contribution is 5.95. The Balaban J connectivity index is 1.41. The maximum atomic E-state index is 13.3. The summed E-state index contributed by atoms with van der Waals surface area (Å²) in [6.45, 7) is 4.54. The number of hydrogen-bond donors (Lipinski definition) is 0. The highest BCUT2D eigenvalue weighted by Gasteiger charge is 2.27. The lowest BCUT2D eigenvalue weighted by molar-refractivity contribution is 0.0745. The largest absolute Gasteiger partial charge is 0.497 e. The van der Waals surface area contributed by atoms with E-state index >= 15 is 0 Å². The van der Waals surface area contributed by atoms with Gasteiger partial charge >= 0.3 is 0 Å². The normalized spacial score (nSPS) is 13.8. The average molecular weight is 473 g/mol. The van der Waals surface area contributed by atoms with Crippen molar-refractivity contribution in [2.75, 3.05) is 45.3 Å². The minimum atomic E-state index is -0.0387. The van der Waals surface area contributed by atoms with Crippen molar-refractivity contribution in [3.05, 3.63) is 77.2 Å². The summed E-state index contributed by atoms with van der Waals surface area (Å²) in [5.74, 6) is 2.72. The van der Waals surface area contributed by atoms with E-state index in [4.69, 9.17) is 9.47 Å². The Morgan fingerprint density at radius 2 is 1.66 bits per heavy atom. The number of aryl methyl sites for hydroxylation is 1. The molecule has 0 spiro atoms. The van der Waals surface area contributed by atoms with Crippen LogP contribution >= 0.6 is 0 Å². The van der Waals surface area contributed by atoms with E-state index < -0.39 is 0 Å². The molecule has 35 heavy (non-hydrogen) atoms. The molecule has 0 saturated carbocycles. The van der Waals surface area contributed by atoms with E-state index in [9.17, 15) is 4.79 Å². The second kappa shape index (κ2) is 9.61. The predicted octanol–water partition coefficient (Wildman–Crippen LogP) is 3.00. The molecule has 9 heteroatoms. The second-order valence-corrected chi connectivity index (χ2v) is 8.51. The number of anilines is 1. The highest BCUT2D eigenvalue weighted by Crippen LogP contribution is 2.28. The Hall–Kier alpha value is -4.14. The lowest BCUT2D eigenvalue weighted by atomic mass is 10.0. The van der Waals surface area contributed by atoms with E-state index in [0.29, 0.717) is 49.0 Å². The first-order valence-corrected chi connectivity index (χ1v) is 11.6. The third-order valence-corrected chi connectivity index (χ3v) is 6.39. The number of rotatable bonds is 6. The zero-order valence-corrected chi connectivity index (χ0v) is 20.1. The summed E-state index contributed by atoms with van der Waals surface area (Å²) >= 11 is 0. The van der Waals surface area contributed by atoms with E-state index in [1.165, 1.54) is 11.9 Å². The van der Waals surface area contributed by atoms with Gasteiger partial charge in [-0.15, -0.1) is 0 Å². The van der Waals surface area contributed by atoms with E-state index in [2.05, 4.69) is 32.1 Å². The topological polar surface area (TPSA) is 85.1 Å². The van der Waals surface area contributed by atoms with Crippen LogP contribution in [-0.2, 0) is 6.42 Å². The molecule has 3 heterocycles. The molecular formula is C26H28N6O3. The molecule has 2 aromatic carbocycles. The molecule has 1 saturated heterocycles. The van der Waals surface area contributed by atoms with Crippen molar-refractivity contribution < 1.29 is 14.3 Å². The lowest BCUT2D eigenvalue weighted by Crippen LogP contribution is -2.49. The van der Waals surface area contributed by atoms with E-state index in [1.54, 1.807) is 32.4 Å². The minimum absolute atomic E-state index is 0.0387. The number of carbonyl (C=O) groups is 1. The van der Waals surface area contributed by atoms with Crippen LogP contribution in [0.4, 0.5) is 5.82 Å². The van der Waals surface area contributed by atoms with Crippen molar-refractivity contribution in [1.29, 1.82) is 0 Å². The lowest BCUT2D eigenvalue weighted by Gasteiger charge is -2.37. The third-order valence-electron chi connectivity index (χ3n) is 6.39. The smallest absolute Gasteiger partial charge is 0.254 e. The number of fused-ring (bicyclic) bond motifs is 1. The van der Waals surface area contributed by atoms with Gasteiger partial charge in [0, 0.05) is 55.5 Å². The summed E-state index contributed by atoms with van der Waals surface area (Å²) in [6.07, 6.45) is 2.28. The summed E-state index contributed by atoms with van der Waals surface area (Å²) in [7, 11) is 3.16. The molecule has 0 aliphatic carbocycles. The Morgan fingerprint density at radius 3 is 2.31 bits per heavy atom. The molecule has 0 radical (unpaired) electrons. The molecule has 0 atom stereocenters. The summed E-state index contributed by atoms with van der Waals surface area (Å²) in [5, 5.41) is 4.47. The SMILES string of the molecule is COc1cc(OC)cc(C(=O)N2CCN(c3c(Cc4ccccc4)c(C)nc4ncnn34)CC2)c1. The van der Waals surface area contributed by atoms with Crippen LogP contribution in [0.1, 0.15) is 27.2 Å². The van der Waals surface area contributed by atoms with Crippen LogP contribution in [0.15, 0.2) is 54.9 Å². The van der Waals surface area contributed by atoms with Crippen LogP contribution in [0.2, 0.25) is 0 Å². The molecule has 4 aromatic rings. The molecule has 9 nitrogen and oxygen atoms in total. The van der Waals surface area contributed by atoms with Gasteiger partial charge in [-0.25, -0.2) is 4.98 Å². The molecule has 1 aliphatic heterocycles. The predicted molar refractivity (Wildman–Crippen MR) is 132 cm³/mol. The Morgan fingerprint density at radius 1 is 0.971 bits per heavy atom. The number of methoxy groups -OCH3 is 2. The van der Waals surface area contributed by atoms with Gasteiger partial charge in [0.15, 0.2) is 0 Å². The maximum absolute atomic E-state index is 13.3. The monoisotopic (exact) mass is 472 g/mol. The molecule has 1 fully saturated rings. The standard InChI is InChI=1S/C26H28N6O3/c1-18-23(13-19-7-5-4-6-8-19)24(32-26(29-18)27-17-28-32)30-9-11-31(12-10-30)25(33)20-14-21(34-2)16-22(15-20)35-3/h4-8,14-17H,9-13H2,1-3H3. The summed E-state index contributed by atoms with van der Waals surface area (Å²) in [6, 6.07) is 15.6. The van der Waals surface area contributed by atoms with Gasteiger partial charge in [0.2, 0.25) is 0 Å². The van der Waals surface area contributed by atoms with E-state index in [1.807, 2.05) is 34.5 Å². The van der Waals surface area contributed by atoms with Crippen LogP contribution in [0, 0.1) is 6.92 Å². The Kier molecular flexibility index (Phi) is 6.22. The Bertz CT molecular complexity index is 1320. The van der Waals surface area contributed by atoms with Crippen LogP contribution in [0.25, 0.3) is 5.78 Å². The van der Waals surface area contributed by atoms with Crippen molar-refractivity contribution in [2.45, 2.75) is 13.3 Å². The van der Waals surface area contributed by atoms with Gasteiger partial charge in [0.25, 0.3) is 11.7 Å². The van der Waals surface area contributed by atoms with Crippen LogP contribution in [0.5, 0.6) is 11.5 Å². The molecule has 0 bridgehead atoms. The number of nitrogens with zero attached hydrogens (tertiary/aromatic N) is 6. The zero-order chi connectivity index (χ0) is 24.4. The highest BCUT2D eigenvalue weighted by atomic mass is 16.5. The second-order valence-electron chi connectivity index (χ2n) is 8.51. The van der Waals surface area contributed by atoms with Crippen LogP contribution in [-0.4, -0.2) is 70.8 Å². The zero-order valence-electron chi connectivity index (χ0n) is 20.1. The molecule has 0 N–H and O–H groups in total. The number of carbonyl (C=O) groups excluding carboxylic acids is 1. The molecular weight excluding hydrogens is 444 g/mol. The fourth-order valence-corrected chi connectivity index (χ4v) is 4.53. The number of amides is 1. The maximum Gasteiger partial charge on any atom is 0.254 e. The van der Waals surface area contributed by atoms with Crippen LogP contribution < -0.4 is 14.4 Å². The fourth-order valence-electron chi connectivity index (χ4n) is 4.53. The van der Waals surface area contributed by atoms with Gasteiger partial charge in [-0.05, 0) is 24.6 Å². The number of benzene rings is 2. The van der Waals surface area contributed by atoms with Gasteiger partial charge in [-0.3, -0.25) is 4.79 Å². The molecule has 0 unspecified atom stereocenters. The fraction of sp³-hybridized carbons (Fsp3) is 0.308. The molecule has 5 rings (SSSR count). The first kappa shape index (κ1) is 22.6. The van der Waals surface area contributed by atoms with Crippen molar-refractivity contribution in [3.8, 4) is 11.5 Å². The third kappa shape index (κ3) is 4.49. The number of ether oxygens (including phenoxy) is 2. The van der Waals surface area contributed by atoms with Gasteiger partial charge in [0.1, 0.15) is 23.6 Å². The number of hydrogen-bond acceptors (Lipinski definition) is 7. The quantitative estimate of drug-likeness (QED) is 0.426. The number of aromatic nitrogens is 4. The summed E-state index contributed by atoms with van der Waals surface area (Å²) in [4.78, 5) is 26.4. The van der Waals surface area contributed by atoms with Gasteiger partial charge in [-0.2, -0.15) is 14.6 Å². The van der Waals surface area contributed by atoms with Gasteiger partial charge in [-0.1, -0.05) is 30.3 Å². The summed E-state index contributed by atoms with van der Waals surface area (Å²) < 4.78 is 12.5. The van der Waals surface area contributed by atoms with Gasteiger partial charge < -0.3 is 19.3 Å². The first-order chi connectivity index (χ1) is 17.1. The first-order valence-electron chi connectivity index (χ1n) is 11.6. The van der Waals surface area contributed by atoms with E-state index in [0.717, 1.165) is 23.5 Å². The van der Waals surface area contributed by atoms with Crippen molar-refractivity contribution in [2.24, 2.45) is 0 Å². The molecule has 2 aromatic heterocycles. The van der Waals surface area contributed by atoms with Crippen molar-refractivity contribution >= 4 is 17.5 Å². The summed E-state index contributed by atoms with van der Waals surface area (Å²) in [5.41, 5.74) is 3.81. The van der Waals surface area contributed by atoms with Gasteiger partial charge in [0.05, 0.1) is 14.2 Å². The van der Waals surface area contributed by atoms with Crippen molar-refractivity contribution in [3.63, 3.8) is 0 Å². The van der Waals surface area contributed by atoms with Crippen LogP contribution in [0.3, 0.4) is 0 Å². The number of piperazine rings is 1. The van der Waals surface area contributed by atoms with Crippen molar-refractivity contribution in [1.82, 2.24) is 24.5 Å².